The first kappa shape index (κ1) is 13.6. The Morgan fingerprint density at radius 2 is 1.81 bits per heavy atom. The standard InChI is InChI=1S/C19H19NO/c1-21-18-12-8-15(9-13-18)7-10-17-11-14-19(20-17)16-5-3-2-4-6-16/h2-10,12-13,17H,11,14H2,1H3/b10-7+. The molecular weight excluding hydrogens is 258 g/mol. The third-order valence-electron chi connectivity index (χ3n) is 3.73. The van der Waals surface area contributed by atoms with Crippen molar-refractivity contribution in [3.8, 4) is 5.75 Å². The fourth-order valence-electron chi connectivity index (χ4n) is 2.54. The van der Waals surface area contributed by atoms with Crippen LogP contribution in [0, 0.1) is 0 Å². The smallest absolute Gasteiger partial charge is 0.118 e. The highest BCUT2D eigenvalue weighted by Crippen LogP contribution is 2.20. The maximum Gasteiger partial charge on any atom is 0.118 e. The number of benzene rings is 2. The van der Waals surface area contributed by atoms with Gasteiger partial charge in [-0.05, 0) is 36.1 Å². The molecule has 0 saturated heterocycles. The molecule has 1 atom stereocenters. The molecule has 106 valence electrons. The van der Waals surface area contributed by atoms with Crippen LogP contribution in [0.4, 0.5) is 0 Å². The van der Waals surface area contributed by atoms with Crippen LogP contribution in [-0.4, -0.2) is 18.9 Å². The summed E-state index contributed by atoms with van der Waals surface area (Å²) in [5.41, 5.74) is 3.65. The fraction of sp³-hybridized carbons (Fsp3) is 0.211. The van der Waals surface area contributed by atoms with Gasteiger partial charge in [0.1, 0.15) is 5.75 Å². The van der Waals surface area contributed by atoms with Crippen molar-refractivity contribution in [2.24, 2.45) is 4.99 Å². The highest BCUT2D eigenvalue weighted by atomic mass is 16.5. The van der Waals surface area contributed by atoms with E-state index < -0.39 is 0 Å². The second kappa shape index (κ2) is 6.40. The predicted octanol–water partition coefficient (Wildman–Crippen LogP) is 4.36. The zero-order valence-electron chi connectivity index (χ0n) is 12.2. The van der Waals surface area contributed by atoms with E-state index in [1.54, 1.807) is 7.11 Å². The Balaban J connectivity index is 1.68. The number of nitrogens with zero attached hydrogens (tertiary/aromatic N) is 1. The van der Waals surface area contributed by atoms with Gasteiger partial charge in [0.2, 0.25) is 0 Å². The van der Waals surface area contributed by atoms with Gasteiger partial charge in [0.05, 0.1) is 13.2 Å². The van der Waals surface area contributed by atoms with Gasteiger partial charge < -0.3 is 4.74 Å². The first-order valence-electron chi connectivity index (χ1n) is 7.29. The lowest BCUT2D eigenvalue weighted by Crippen LogP contribution is -1.94. The van der Waals surface area contributed by atoms with Crippen LogP contribution in [0.5, 0.6) is 5.75 Å². The molecule has 0 spiro atoms. The van der Waals surface area contributed by atoms with Gasteiger partial charge >= 0.3 is 0 Å². The summed E-state index contributed by atoms with van der Waals surface area (Å²) in [5.74, 6) is 0.886. The maximum atomic E-state index is 5.16. The Hall–Kier alpha value is -2.35. The summed E-state index contributed by atoms with van der Waals surface area (Å²) in [6.07, 6.45) is 6.48. The average Bonchev–Trinajstić information content (AvgIpc) is 3.03. The molecule has 0 aromatic heterocycles. The van der Waals surface area contributed by atoms with E-state index in [9.17, 15) is 0 Å². The lowest BCUT2D eigenvalue weighted by Gasteiger charge is -2.01. The molecule has 0 saturated carbocycles. The van der Waals surface area contributed by atoms with Crippen molar-refractivity contribution in [3.63, 3.8) is 0 Å². The molecule has 0 fully saturated rings. The maximum absolute atomic E-state index is 5.16. The van der Waals surface area contributed by atoms with Crippen molar-refractivity contribution in [3.05, 3.63) is 71.8 Å². The van der Waals surface area contributed by atoms with Crippen LogP contribution in [0.3, 0.4) is 0 Å². The zero-order valence-corrected chi connectivity index (χ0v) is 12.2. The van der Waals surface area contributed by atoms with Crippen molar-refractivity contribution >= 4 is 11.8 Å². The third-order valence-corrected chi connectivity index (χ3v) is 3.73. The summed E-state index contributed by atoms with van der Waals surface area (Å²) in [5, 5.41) is 0. The molecule has 1 unspecified atom stereocenters. The third kappa shape index (κ3) is 3.40. The first-order chi connectivity index (χ1) is 10.3. The van der Waals surface area contributed by atoms with Gasteiger partial charge in [-0.3, -0.25) is 4.99 Å². The highest BCUT2D eigenvalue weighted by Gasteiger charge is 2.15. The van der Waals surface area contributed by atoms with E-state index in [0.29, 0.717) is 6.04 Å². The Labute approximate surface area is 125 Å². The van der Waals surface area contributed by atoms with Crippen LogP contribution in [0.2, 0.25) is 0 Å². The average molecular weight is 277 g/mol. The van der Waals surface area contributed by atoms with Crippen molar-refractivity contribution in [1.82, 2.24) is 0 Å². The zero-order chi connectivity index (χ0) is 14.5. The molecule has 2 aromatic rings. The minimum atomic E-state index is 0.294. The first-order valence-corrected chi connectivity index (χ1v) is 7.29. The quantitative estimate of drug-likeness (QED) is 0.813. The van der Waals surface area contributed by atoms with Crippen molar-refractivity contribution in [2.75, 3.05) is 7.11 Å². The lowest BCUT2D eigenvalue weighted by atomic mass is 10.1. The summed E-state index contributed by atoms with van der Waals surface area (Å²) in [6.45, 7) is 0. The van der Waals surface area contributed by atoms with E-state index in [1.165, 1.54) is 16.8 Å². The van der Waals surface area contributed by atoms with Gasteiger partial charge in [-0.2, -0.15) is 0 Å². The molecule has 2 aromatic carbocycles. The molecule has 0 radical (unpaired) electrons. The number of methoxy groups -OCH3 is 1. The van der Waals surface area contributed by atoms with Crippen LogP contribution < -0.4 is 4.74 Å². The van der Waals surface area contributed by atoms with E-state index in [2.05, 4.69) is 48.6 Å². The normalized spacial score (nSPS) is 18.0. The summed E-state index contributed by atoms with van der Waals surface area (Å²) in [4.78, 5) is 4.81. The number of aliphatic imine (C=N–C) groups is 1. The van der Waals surface area contributed by atoms with Crippen LogP contribution >= 0.6 is 0 Å². The largest absolute Gasteiger partial charge is 0.497 e. The Morgan fingerprint density at radius 1 is 1.05 bits per heavy atom. The lowest BCUT2D eigenvalue weighted by molar-refractivity contribution is 0.415. The second-order valence-corrected chi connectivity index (χ2v) is 5.18. The number of ether oxygens (including phenoxy) is 1. The predicted molar refractivity (Wildman–Crippen MR) is 88.0 cm³/mol. The molecule has 2 heteroatoms. The molecule has 1 aliphatic rings. The Morgan fingerprint density at radius 3 is 2.52 bits per heavy atom. The number of hydrogen-bond donors (Lipinski definition) is 0. The molecule has 1 heterocycles. The van der Waals surface area contributed by atoms with Crippen LogP contribution in [0.25, 0.3) is 6.08 Å². The topological polar surface area (TPSA) is 21.6 Å². The van der Waals surface area contributed by atoms with Gasteiger partial charge in [0.25, 0.3) is 0 Å². The minimum absolute atomic E-state index is 0.294. The minimum Gasteiger partial charge on any atom is -0.497 e. The van der Waals surface area contributed by atoms with Gasteiger partial charge in [0, 0.05) is 5.71 Å². The van der Waals surface area contributed by atoms with E-state index in [0.717, 1.165) is 18.6 Å². The molecule has 0 N–H and O–H groups in total. The molecule has 0 bridgehead atoms. The molecule has 0 aliphatic carbocycles. The summed E-state index contributed by atoms with van der Waals surface area (Å²) in [7, 11) is 1.68. The van der Waals surface area contributed by atoms with Crippen molar-refractivity contribution in [1.29, 1.82) is 0 Å². The molecule has 2 nitrogen and oxygen atoms in total. The summed E-state index contributed by atoms with van der Waals surface area (Å²) >= 11 is 0. The van der Waals surface area contributed by atoms with E-state index in [4.69, 9.17) is 9.73 Å². The van der Waals surface area contributed by atoms with Gasteiger partial charge in [-0.15, -0.1) is 0 Å². The fourth-order valence-corrected chi connectivity index (χ4v) is 2.54. The summed E-state index contributed by atoms with van der Waals surface area (Å²) in [6, 6.07) is 18.8. The summed E-state index contributed by atoms with van der Waals surface area (Å²) < 4.78 is 5.16. The number of rotatable bonds is 4. The van der Waals surface area contributed by atoms with E-state index in [-0.39, 0.29) is 0 Å². The van der Waals surface area contributed by atoms with Gasteiger partial charge in [-0.1, -0.05) is 54.6 Å². The van der Waals surface area contributed by atoms with Gasteiger partial charge in [-0.25, -0.2) is 0 Å². The SMILES string of the molecule is COc1ccc(/C=C/C2CCC(c3ccccc3)=N2)cc1. The molecular formula is C19H19NO. The monoisotopic (exact) mass is 277 g/mol. The highest BCUT2D eigenvalue weighted by molar-refractivity contribution is 6.01. The molecule has 0 amide bonds. The van der Waals surface area contributed by atoms with Gasteiger partial charge in [0.15, 0.2) is 0 Å². The number of hydrogen-bond acceptors (Lipinski definition) is 2. The van der Waals surface area contributed by atoms with E-state index in [1.807, 2.05) is 18.2 Å². The molecule has 1 aliphatic heterocycles. The van der Waals surface area contributed by atoms with Crippen LogP contribution in [-0.2, 0) is 0 Å². The molecule has 3 rings (SSSR count). The van der Waals surface area contributed by atoms with Crippen molar-refractivity contribution < 1.29 is 4.74 Å². The van der Waals surface area contributed by atoms with Crippen LogP contribution in [0.15, 0.2) is 65.7 Å². The Kier molecular flexibility index (Phi) is 4.15. The van der Waals surface area contributed by atoms with Crippen LogP contribution in [0.1, 0.15) is 24.0 Å². The molecule has 21 heavy (non-hydrogen) atoms. The van der Waals surface area contributed by atoms with Crippen molar-refractivity contribution in [2.45, 2.75) is 18.9 Å². The van der Waals surface area contributed by atoms with E-state index >= 15 is 0 Å². The second-order valence-electron chi connectivity index (χ2n) is 5.18. The Bertz CT molecular complexity index is 641.